The monoisotopic (exact) mass is 211 g/mol. The number of rotatable bonds is 4. The van der Waals surface area contributed by atoms with E-state index in [9.17, 15) is 0 Å². The van der Waals surface area contributed by atoms with Crippen LogP contribution in [0, 0.1) is 0 Å². The van der Waals surface area contributed by atoms with E-state index < -0.39 is 0 Å². The summed E-state index contributed by atoms with van der Waals surface area (Å²) in [6, 6.07) is 7.73. The molecule has 2 nitrogen and oxygen atoms in total. The summed E-state index contributed by atoms with van der Waals surface area (Å²) < 4.78 is 5.49. The summed E-state index contributed by atoms with van der Waals surface area (Å²) >= 11 is 5.51. The van der Waals surface area contributed by atoms with Crippen LogP contribution in [0.25, 0.3) is 0 Å². The number of halogens is 1. The summed E-state index contributed by atoms with van der Waals surface area (Å²) in [5, 5.41) is 0. The second-order valence-corrected chi connectivity index (χ2v) is 3.31. The van der Waals surface area contributed by atoms with E-state index in [1.807, 2.05) is 31.2 Å². The predicted molar refractivity (Wildman–Crippen MR) is 59.4 cm³/mol. The molecule has 2 N–H and O–H groups in total. The lowest BCUT2D eigenvalue weighted by molar-refractivity contribution is 0.352. The van der Waals surface area contributed by atoms with Gasteiger partial charge in [-0.05, 0) is 30.2 Å². The molecule has 0 fully saturated rings. The molecule has 0 spiro atoms. The predicted octanol–water partition coefficient (Wildman–Crippen LogP) is 2.67. The first-order valence-electron chi connectivity index (χ1n) is 4.44. The topological polar surface area (TPSA) is 35.2 Å². The minimum atomic E-state index is 0.511. The summed E-state index contributed by atoms with van der Waals surface area (Å²) in [5.41, 5.74) is 9.09. The van der Waals surface area contributed by atoms with Gasteiger partial charge in [-0.15, -0.1) is 0 Å². The van der Waals surface area contributed by atoms with Crippen LogP contribution in [0.4, 0.5) is 0 Å². The second-order valence-electron chi connectivity index (χ2n) is 3.10. The van der Waals surface area contributed by atoms with Crippen LogP contribution in [0.15, 0.2) is 35.4 Å². The first-order valence-corrected chi connectivity index (χ1v) is 4.87. The van der Waals surface area contributed by atoms with Gasteiger partial charge in [0.25, 0.3) is 0 Å². The highest BCUT2D eigenvalue weighted by Gasteiger charge is 1.95. The smallest absolute Gasteiger partial charge is 0.120 e. The SMILES string of the molecule is C/C(=C/Cl)COc1cccc(CN)c1. The van der Waals surface area contributed by atoms with Gasteiger partial charge in [0.15, 0.2) is 0 Å². The molecule has 1 aromatic carbocycles. The Morgan fingerprint density at radius 3 is 3.00 bits per heavy atom. The molecule has 0 saturated heterocycles. The fraction of sp³-hybridized carbons (Fsp3) is 0.273. The molecule has 76 valence electrons. The van der Waals surface area contributed by atoms with Crippen molar-refractivity contribution in [3.63, 3.8) is 0 Å². The van der Waals surface area contributed by atoms with Crippen molar-refractivity contribution in [2.75, 3.05) is 6.61 Å². The lowest BCUT2D eigenvalue weighted by atomic mass is 10.2. The highest BCUT2D eigenvalue weighted by atomic mass is 35.5. The zero-order chi connectivity index (χ0) is 10.4. The number of benzene rings is 1. The van der Waals surface area contributed by atoms with Gasteiger partial charge in [-0.25, -0.2) is 0 Å². The highest BCUT2D eigenvalue weighted by molar-refractivity contribution is 6.25. The van der Waals surface area contributed by atoms with Crippen molar-refractivity contribution < 1.29 is 4.74 Å². The number of hydrogen-bond donors (Lipinski definition) is 1. The molecule has 1 rings (SSSR count). The molecule has 0 radical (unpaired) electrons. The first kappa shape index (κ1) is 11.1. The van der Waals surface area contributed by atoms with Gasteiger partial charge in [-0.3, -0.25) is 0 Å². The molecule has 0 heterocycles. The van der Waals surface area contributed by atoms with Gasteiger partial charge in [0.1, 0.15) is 12.4 Å². The van der Waals surface area contributed by atoms with Crippen molar-refractivity contribution in [1.29, 1.82) is 0 Å². The van der Waals surface area contributed by atoms with Crippen molar-refractivity contribution in [1.82, 2.24) is 0 Å². The van der Waals surface area contributed by atoms with Crippen LogP contribution in [0.2, 0.25) is 0 Å². The van der Waals surface area contributed by atoms with Gasteiger partial charge in [-0.2, -0.15) is 0 Å². The van der Waals surface area contributed by atoms with E-state index in [1.165, 1.54) is 5.54 Å². The Kier molecular flexibility index (Phi) is 4.50. The molecule has 0 saturated carbocycles. The van der Waals surface area contributed by atoms with Gasteiger partial charge in [0, 0.05) is 12.1 Å². The van der Waals surface area contributed by atoms with Gasteiger partial charge >= 0.3 is 0 Å². The Bertz CT molecular complexity index is 323. The maximum absolute atomic E-state index is 5.51. The summed E-state index contributed by atoms with van der Waals surface area (Å²) in [6.07, 6.45) is 0. The molecule has 14 heavy (non-hydrogen) atoms. The van der Waals surface area contributed by atoms with E-state index in [0.717, 1.165) is 16.9 Å². The zero-order valence-electron chi connectivity index (χ0n) is 8.16. The quantitative estimate of drug-likeness (QED) is 0.831. The molecule has 3 heteroatoms. The molecule has 0 aliphatic carbocycles. The minimum Gasteiger partial charge on any atom is -0.489 e. The zero-order valence-corrected chi connectivity index (χ0v) is 8.92. The van der Waals surface area contributed by atoms with Crippen LogP contribution < -0.4 is 10.5 Å². The summed E-state index contributed by atoms with van der Waals surface area (Å²) in [4.78, 5) is 0. The summed E-state index contributed by atoms with van der Waals surface area (Å²) in [6.45, 7) is 2.96. The molecule has 0 aliphatic heterocycles. The molecular formula is C11H14ClNO. The van der Waals surface area contributed by atoms with Crippen LogP contribution in [-0.2, 0) is 6.54 Å². The molecule has 0 atom stereocenters. The summed E-state index contributed by atoms with van der Waals surface area (Å²) in [5.74, 6) is 0.825. The average molecular weight is 212 g/mol. The standard InChI is InChI=1S/C11H14ClNO/c1-9(6-12)8-14-11-4-2-3-10(5-11)7-13/h2-6H,7-8,13H2,1H3/b9-6-. The molecule has 0 aliphatic rings. The average Bonchev–Trinajstić information content (AvgIpc) is 2.26. The van der Waals surface area contributed by atoms with Crippen LogP contribution in [0.1, 0.15) is 12.5 Å². The van der Waals surface area contributed by atoms with Gasteiger partial charge in [-0.1, -0.05) is 23.7 Å². The van der Waals surface area contributed by atoms with E-state index in [4.69, 9.17) is 22.1 Å². The van der Waals surface area contributed by atoms with E-state index in [1.54, 1.807) is 0 Å². The van der Waals surface area contributed by atoms with Crippen molar-refractivity contribution in [2.24, 2.45) is 5.73 Å². The Balaban J connectivity index is 2.58. The van der Waals surface area contributed by atoms with E-state index in [-0.39, 0.29) is 0 Å². The van der Waals surface area contributed by atoms with E-state index in [2.05, 4.69) is 0 Å². The number of nitrogens with two attached hydrogens (primary N) is 1. The Morgan fingerprint density at radius 1 is 1.57 bits per heavy atom. The molecule has 0 bridgehead atoms. The van der Waals surface area contributed by atoms with Gasteiger partial charge in [0.2, 0.25) is 0 Å². The third-order valence-electron chi connectivity index (χ3n) is 1.79. The van der Waals surface area contributed by atoms with E-state index in [0.29, 0.717) is 13.2 Å². The Hall–Kier alpha value is -0.990. The summed E-state index contributed by atoms with van der Waals surface area (Å²) in [7, 11) is 0. The van der Waals surface area contributed by atoms with E-state index >= 15 is 0 Å². The first-order chi connectivity index (χ1) is 6.76. The Morgan fingerprint density at radius 2 is 2.36 bits per heavy atom. The van der Waals surface area contributed by atoms with Crippen molar-refractivity contribution >= 4 is 11.6 Å². The van der Waals surface area contributed by atoms with Crippen molar-refractivity contribution in [3.8, 4) is 5.75 Å². The highest BCUT2D eigenvalue weighted by Crippen LogP contribution is 2.13. The van der Waals surface area contributed by atoms with Crippen LogP contribution in [0.5, 0.6) is 5.75 Å². The fourth-order valence-corrected chi connectivity index (χ4v) is 1.05. The molecule has 0 amide bonds. The third-order valence-corrected chi connectivity index (χ3v) is 2.16. The van der Waals surface area contributed by atoms with Gasteiger partial charge in [0.05, 0.1) is 0 Å². The fourth-order valence-electron chi connectivity index (χ4n) is 0.991. The molecule has 0 unspecified atom stereocenters. The lowest BCUT2D eigenvalue weighted by Crippen LogP contribution is -2.00. The number of ether oxygens (including phenoxy) is 1. The molecule has 0 aromatic heterocycles. The Labute approximate surface area is 89.3 Å². The largest absolute Gasteiger partial charge is 0.489 e. The maximum Gasteiger partial charge on any atom is 0.120 e. The van der Waals surface area contributed by atoms with Crippen molar-refractivity contribution in [3.05, 3.63) is 40.9 Å². The van der Waals surface area contributed by atoms with Gasteiger partial charge < -0.3 is 10.5 Å². The van der Waals surface area contributed by atoms with Crippen LogP contribution >= 0.6 is 11.6 Å². The minimum absolute atomic E-state index is 0.511. The second kappa shape index (κ2) is 5.68. The van der Waals surface area contributed by atoms with Crippen LogP contribution in [-0.4, -0.2) is 6.61 Å². The number of hydrogen-bond acceptors (Lipinski definition) is 2. The normalized spacial score (nSPS) is 11.5. The maximum atomic E-state index is 5.51. The molecular weight excluding hydrogens is 198 g/mol. The molecule has 1 aromatic rings. The van der Waals surface area contributed by atoms with Crippen molar-refractivity contribution in [2.45, 2.75) is 13.5 Å². The van der Waals surface area contributed by atoms with Crippen LogP contribution in [0.3, 0.4) is 0 Å². The third kappa shape index (κ3) is 3.40. The lowest BCUT2D eigenvalue weighted by Gasteiger charge is -2.06.